The van der Waals surface area contributed by atoms with Crippen LogP contribution < -0.4 is 5.32 Å². The van der Waals surface area contributed by atoms with Crippen LogP contribution in [0.2, 0.25) is 0 Å². The summed E-state index contributed by atoms with van der Waals surface area (Å²) in [5.41, 5.74) is -0.508. The third kappa shape index (κ3) is 4.11. The first-order chi connectivity index (χ1) is 8.62. The highest BCUT2D eigenvalue weighted by Crippen LogP contribution is 2.23. The number of hydrogen-bond donors (Lipinski definition) is 2. The van der Waals surface area contributed by atoms with Gasteiger partial charge in [0, 0.05) is 12.6 Å². The number of amides is 2. The van der Waals surface area contributed by atoms with Crippen LogP contribution >= 0.6 is 0 Å². The van der Waals surface area contributed by atoms with Crippen molar-refractivity contribution in [2.45, 2.75) is 59.5 Å². The zero-order valence-electron chi connectivity index (χ0n) is 12.6. The molecule has 2 amide bonds. The van der Waals surface area contributed by atoms with Gasteiger partial charge < -0.3 is 15.3 Å². The molecule has 1 heterocycles. The smallest absolute Gasteiger partial charge is 0.326 e. The molecule has 0 spiro atoms. The van der Waals surface area contributed by atoms with E-state index in [4.69, 9.17) is 0 Å². The average Bonchev–Trinajstić information content (AvgIpc) is 2.26. The Labute approximate surface area is 115 Å². The number of hydrogen-bond acceptors (Lipinski definition) is 2. The molecule has 5 nitrogen and oxygen atoms in total. The van der Waals surface area contributed by atoms with E-state index in [0.717, 1.165) is 12.8 Å². The lowest BCUT2D eigenvalue weighted by molar-refractivity contribution is -0.142. The number of carbonyl (C=O) groups excluding carboxylic acids is 1. The van der Waals surface area contributed by atoms with E-state index in [1.165, 1.54) is 0 Å². The van der Waals surface area contributed by atoms with E-state index in [9.17, 15) is 14.7 Å². The Morgan fingerprint density at radius 3 is 2.32 bits per heavy atom. The highest BCUT2D eigenvalue weighted by molar-refractivity contribution is 5.83. The molecule has 0 bridgehead atoms. The SMILES string of the molecule is CC1CCC(C)N(C(=O)NC(C(=O)O)C(C)(C)C)C1. The standard InChI is InChI=1S/C14H26N2O3/c1-9-6-7-10(2)16(8-9)13(19)15-11(12(17)18)14(3,4)5/h9-11H,6-8H2,1-5H3,(H,15,19)(H,17,18). The van der Waals surface area contributed by atoms with Gasteiger partial charge in [-0.05, 0) is 31.1 Å². The predicted molar refractivity (Wildman–Crippen MR) is 74.0 cm³/mol. The third-order valence-electron chi connectivity index (χ3n) is 3.76. The van der Waals surface area contributed by atoms with Crippen LogP contribution in [0.4, 0.5) is 4.79 Å². The zero-order valence-corrected chi connectivity index (χ0v) is 12.6. The van der Waals surface area contributed by atoms with Gasteiger partial charge in [-0.1, -0.05) is 27.7 Å². The van der Waals surface area contributed by atoms with Crippen molar-refractivity contribution in [3.8, 4) is 0 Å². The van der Waals surface area contributed by atoms with E-state index in [1.54, 1.807) is 4.90 Å². The second kappa shape index (κ2) is 5.80. The van der Waals surface area contributed by atoms with Crippen molar-refractivity contribution in [3.05, 3.63) is 0 Å². The molecule has 5 heteroatoms. The number of carboxylic acid groups (broad SMARTS) is 1. The summed E-state index contributed by atoms with van der Waals surface area (Å²) in [5.74, 6) is -0.515. The Bertz CT molecular complexity index is 349. The maximum absolute atomic E-state index is 12.3. The average molecular weight is 270 g/mol. The number of urea groups is 1. The largest absolute Gasteiger partial charge is 0.480 e. The molecule has 110 valence electrons. The van der Waals surface area contributed by atoms with Gasteiger partial charge in [-0.2, -0.15) is 0 Å². The molecule has 0 aromatic rings. The highest BCUT2D eigenvalue weighted by Gasteiger charge is 2.35. The molecule has 0 aromatic heterocycles. The van der Waals surface area contributed by atoms with Gasteiger partial charge in [0.05, 0.1) is 0 Å². The summed E-state index contributed by atoms with van der Waals surface area (Å²) >= 11 is 0. The van der Waals surface area contributed by atoms with Crippen molar-refractivity contribution >= 4 is 12.0 Å². The van der Waals surface area contributed by atoms with E-state index >= 15 is 0 Å². The summed E-state index contributed by atoms with van der Waals surface area (Å²) in [5, 5.41) is 11.9. The summed E-state index contributed by atoms with van der Waals surface area (Å²) < 4.78 is 0. The van der Waals surface area contributed by atoms with Crippen LogP contribution in [0.1, 0.15) is 47.5 Å². The van der Waals surface area contributed by atoms with Gasteiger partial charge in [-0.25, -0.2) is 9.59 Å². The molecule has 2 N–H and O–H groups in total. The quantitative estimate of drug-likeness (QED) is 0.809. The van der Waals surface area contributed by atoms with Gasteiger partial charge in [-0.15, -0.1) is 0 Å². The first-order valence-electron chi connectivity index (χ1n) is 6.93. The van der Waals surface area contributed by atoms with Crippen molar-refractivity contribution in [1.29, 1.82) is 0 Å². The lowest BCUT2D eigenvalue weighted by Gasteiger charge is -2.38. The summed E-state index contributed by atoms with van der Waals surface area (Å²) in [4.78, 5) is 25.3. The number of rotatable bonds is 2. The van der Waals surface area contributed by atoms with Crippen LogP contribution in [0.25, 0.3) is 0 Å². The summed E-state index contributed by atoms with van der Waals surface area (Å²) in [6, 6.07) is -0.962. The van der Waals surface area contributed by atoms with E-state index in [1.807, 2.05) is 27.7 Å². The normalized spacial score (nSPS) is 25.8. The Morgan fingerprint density at radius 2 is 1.84 bits per heavy atom. The minimum absolute atomic E-state index is 0.172. The van der Waals surface area contributed by atoms with Crippen LogP contribution in [0.3, 0.4) is 0 Å². The Hall–Kier alpha value is -1.26. The second-order valence-corrected chi connectivity index (χ2v) is 6.77. The molecule has 0 aromatic carbocycles. The second-order valence-electron chi connectivity index (χ2n) is 6.77. The summed E-state index contributed by atoms with van der Waals surface area (Å²) in [6.07, 6.45) is 2.09. The fourth-order valence-corrected chi connectivity index (χ4v) is 2.43. The molecule has 19 heavy (non-hydrogen) atoms. The van der Waals surface area contributed by atoms with Crippen LogP contribution in [-0.4, -0.2) is 40.6 Å². The van der Waals surface area contributed by atoms with Gasteiger partial charge in [0.2, 0.25) is 0 Å². The molecular formula is C14H26N2O3. The number of nitrogens with one attached hydrogen (secondary N) is 1. The Morgan fingerprint density at radius 1 is 1.26 bits per heavy atom. The van der Waals surface area contributed by atoms with Crippen molar-refractivity contribution < 1.29 is 14.7 Å². The van der Waals surface area contributed by atoms with Crippen LogP contribution in [-0.2, 0) is 4.79 Å². The monoisotopic (exact) mass is 270 g/mol. The first kappa shape index (κ1) is 15.8. The molecule has 1 fully saturated rings. The maximum atomic E-state index is 12.3. The molecule has 0 aliphatic carbocycles. The minimum atomic E-state index is -0.987. The van der Waals surface area contributed by atoms with Crippen molar-refractivity contribution in [3.63, 3.8) is 0 Å². The van der Waals surface area contributed by atoms with Gasteiger partial charge in [0.25, 0.3) is 0 Å². The number of carbonyl (C=O) groups is 2. The van der Waals surface area contributed by atoms with E-state index in [-0.39, 0.29) is 12.1 Å². The third-order valence-corrected chi connectivity index (χ3v) is 3.76. The van der Waals surface area contributed by atoms with E-state index < -0.39 is 17.4 Å². The molecule has 1 saturated heterocycles. The van der Waals surface area contributed by atoms with E-state index in [2.05, 4.69) is 12.2 Å². The van der Waals surface area contributed by atoms with Crippen molar-refractivity contribution in [2.24, 2.45) is 11.3 Å². The van der Waals surface area contributed by atoms with Crippen molar-refractivity contribution in [2.75, 3.05) is 6.54 Å². The number of nitrogens with zero attached hydrogens (tertiary/aromatic N) is 1. The summed E-state index contributed by atoms with van der Waals surface area (Å²) in [6.45, 7) is 10.3. The molecule has 1 aliphatic heterocycles. The van der Waals surface area contributed by atoms with Crippen LogP contribution in [0.15, 0.2) is 0 Å². The van der Waals surface area contributed by atoms with E-state index in [0.29, 0.717) is 12.5 Å². The molecule has 0 radical (unpaired) electrons. The van der Waals surface area contributed by atoms with Crippen LogP contribution in [0.5, 0.6) is 0 Å². The number of aliphatic carboxylic acids is 1. The number of piperidine rings is 1. The fourth-order valence-electron chi connectivity index (χ4n) is 2.43. The molecule has 1 rings (SSSR count). The fraction of sp³-hybridized carbons (Fsp3) is 0.857. The minimum Gasteiger partial charge on any atom is -0.480 e. The molecule has 1 aliphatic rings. The van der Waals surface area contributed by atoms with Gasteiger partial charge in [-0.3, -0.25) is 0 Å². The van der Waals surface area contributed by atoms with Crippen molar-refractivity contribution in [1.82, 2.24) is 10.2 Å². The highest BCUT2D eigenvalue weighted by atomic mass is 16.4. The van der Waals surface area contributed by atoms with Crippen LogP contribution in [0, 0.1) is 11.3 Å². The Balaban J connectivity index is 2.74. The lowest BCUT2D eigenvalue weighted by Crippen LogP contribution is -2.56. The predicted octanol–water partition coefficient (Wildman–Crippen LogP) is 2.32. The molecule has 3 atom stereocenters. The zero-order chi connectivity index (χ0) is 14.8. The van der Waals surface area contributed by atoms with Gasteiger partial charge in [0.15, 0.2) is 0 Å². The molecular weight excluding hydrogens is 244 g/mol. The lowest BCUT2D eigenvalue weighted by atomic mass is 9.87. The molecule has 3 unspecified atom stereocenters. The topological polar surface area (TPSA) is 69.6 Å². The molecule has 0 saturated carbocycles. The van der Waals surface area contributed by atoms with Gasteiger partial charge in [0.1, 0.15) is 6.04 Å². The maximum Gasteiger partial charge on any atom is 0.326 e. The number of likely N-dealkylation sites (tertiary alicyclic amines) is 1. The first-order valence-corrected chi connectivity index (χ1v) is 6.93. The Kier molecular flexibility index (Phi) is 4.82. The summed E-state index contributed by atoms with van der Waals surface area (Å²) in [7, 11) is 0. The van der Waals surface area contributed by atoms with Gasteiger partial charge >= 0.3 is 12.0 Å². The number of carboxylic acids is 1.